The second-order valence-electron chi connectivity index (χ2n) is 12.1. The number of hydrogen-bond acceptors (Lipinski definition) is 7. The van der Waals surface area contributed by atoms with Crippen LogP contribution in [0, 0.1) is 13.8 Å². The molecule has 6 aromatic carbocycles. The van der Waals surface area contributed by atoms with Crippen LogP contribution in [-0.4, -0.2) is 11.3 Å². The van der Waals surface area contributed by atoms with E-state index >= 15 is 0 Å². The molecule has 6 aromatic rings. The van der Waals surface area contributed by atoms with E-state index in [1.807, 2.05) is 104 Å². The van der Waals surface area contributed by atoms with Gasteiger partial charge >= 0.3 is 0 Å². The number of benzene rings is 6. The van der Waals surface area contributed by atoms with E-state index in [9.17, 15) is 5.11 Å². The lowest BCUT2D eigenvalue weighted by molar-refractivity contribution is 0.469. The number of para-hydroxylation sites is 1. The third-order valence-electron chi connectivity index (χ3n) is 8.77. The first-order valence-corrected chi connectivity index (χ1v) is 15.8. The summed E-state index contributed by atoms with van der Waals surface area (Å²) in [7, 11) is 0. The fraction of sp³-hybridized carbons (Fsp3) is 0.122. The van der Waals surface area contributed by atoms with Crippen LogP contribution in [0.25, 0.3) is 0 Å². The Labute approximate surface area is 281 Å². The molecule has 7 N–H and O–H groups in total. The van der Waals surface area contributed by atoms with E-state index in [4.69, 9.17) is 20.9 Å². The number of anilines is 4. The zero-order valence-electron chi connectivity index (χ0n) is 27.3. The summed E-state index contributed by atoms with van der Waals surface area (Å²) in [6.45, 7) is 6.20. The molecule has 0 amide bonds. The minimum absolute atomic E-state index is 0.227. The standard InChI is InChI=1S/C41H40N4O3/c1-27-7-4-5-8-37(27)44-40(45-38-9-6-10-39(46)28(38)2)41(3,29-11-19-33(20-12-29)47-35-23-15-31(42)16-24-35)30-13-21-34(22-14-30)48-36-25-17-32(43)18-26-36/h4-26,40,44-46H,42-43H2,1-3H3. The number of nitrogen functional groups attached to an aromatic ring is 2. The highest BCUT2D eigenvalue weighted by atomic mass is 16.5. The van der Waals surface area contributed by atoms with Gasteiger partial charge in [-0.1, -0.05) is 48.5 Å². The first kappa shape index (κ1) is 31.9. The van der Waals surface area contributed by atoms with Gasteiger partial charge in [-0.05, 0) is 128 Å². The molecule has 0 spiro atoms. The minimum atomic E-state index is -0.667. The van der Waals surface area contributed by atoms with Gasteiger partial charge in [0.15, 0.2) is 0 Å². The van der Waals surface area contributed by atoms with Crippen molar-refractivity contribution < 1.29 is 14.6 Å². The molecule has 0 saturated heterocycles. The van der Waals surface area contributed by atoms with E-state index in [0.29, 0.717) is 34.4 Å². The Morgan fingerprint density at radius 1 is 0.542 bits per heavy atom. The van der Waals surface area contributed by atoms with Crippen molar-refractivity contribution in [2.75, 3.05) is 22.1 Å². The van der Waals surface area contributed by atoms with Gasteiger partial charge in [0.2, 0.25) is 0 Å². The summed E-state index contributed by atoms with van der Waals surface area (Å²) in [6.07, 6.45) is -0.383. The second kappa shape index (κ2) is 13.7. The maximum atomic E-state index is 10.6. The van der Waals surface area contributed by atoms with Crippen molar-refractivity contribution in [3.63, 3.8) is 0 Å². The summed E-state index contributed by atoms with van der Waals surface area (Å²) in [4.78, 5) is 0. The molecule has 1 unspecified atom stereocenters. The Balaban J connectivity index is 1.43. The lowest BCUT2D eigenvalue weighted by Gasteiger charge is -2.41. The summed E-state index contributed by atoms with van der Waals surface area (Å²) >= 11 is 0. The summed E-state index contributed by atoms with van der Waals surface area (Å²) in [5.74, 6) is 3.05. The first-order valence-electron chi connectivity index (χ1n) is 15.8. The third-order valence-corrected chi connectivity index (χ3v) is 8.77. The van der Waals surface area contributed by atoms with Gasteiger partial charge in [-0.15, -0.1) is 0 Å². The number of phenols is 1. The molecule has 0 aliphatic rings. The van der Waals surface area contributed by atoms with Gasteiger partial charge in [0.1, 0.15) is 34.9 Å². The van der Waals surface area contributed by atoms with Crippen molar-refractivity contribution in [2.24, 2.45) is 0 Å². The van der Waals surface area contributed by atoms with Crippen LogP contribution in [0.5, 0.6) is 28.7 Å². The summed E-state index contributed by atoms with van der Waals surface area (Å²) in [5.41, 5.74) is 18.2. The molecule has 0 bridgehead atoms. The van der Waals surface area contributed by atoms with Crippen molar-refractivity contribution in [2.45, 2.75) is 32.4 Å². The van der Waals surface area contributed by atoms with Gasteiger partial charge in [0.25, 0.3) is 0 Å². The number of nitrogens with one attached hydrogen (secondary N) is 2. The molecule has 7 heteroatoms. The van der Waals surface area contributed by atoms with Crippen LogP contribution in [0.4, 0.5) is 22.7 Å². The zero-order chi connectivity index (χ0) is 33.7. The Hall–Kier alpha value is -6.08. The SMILES string of the molecule is Cc1ccccc1NC(Nc1cccc(O)c1C)C(C)(c1ccc(Oc2ccc(N)cc2)cc1)c1ccc(Oc2ccc(N)cc2)cc1. The van der Waals surface area contributed by atoms with Crippen LogP contribution in [0.15, 0.2) is 140 Å². The van der Waals surface area contributed by atoms with E-state index in [1.54, 1.807) is 6.07 Å². The Morgan fingerprint density at radius 2 is 0.958 bits per heavy atom. The van der Waals surface area contributed by atoms with Crippen LogP contribution in [0.3, 0.4) is 0 Å². The fourth-order valence-corrected chi connectivity index (χ4v) is 5.73. The van der Waals surface area contributed by atoms with Crippen molar-refractivity contribution in [1.82, 2.24) is 0 Å². The average molecular weight is 637 g/mol. The summed E-state index contributed by atoms with van der Waals surface area (Å²) in [5, 5.41) is 18.2. The molecule has 0 aromatic heterocycles. The number of phenolic OH excluding ortho intramolecular Hbond substituents is 1. The predicted molar refractivity (Wildman–Crippen MR) is 196 cm³/mol. The highest BCUT2D eigenvalue weighted by Crippen LogP contribution is 2.41. The fourth-order valence-electron chi connectivity index (χ4n) is 5.73. The predicted octanol–water partition coefficient (Wildman–Crippen LogP) is 9.61. The topological polar surface area (TPSA) is 115 Å². The number of ether oxygens (including phenoxy) is 2. The molecule has 0 radical (unpaired) electrons. The maximum absolute atomic E-state index is 10.6. The molecule has 0 aliphatic carbocycles. The number of aryl methyl sites for hydroxylation is 1. The molecule has 0 heterocycles. The van der Waals surface area contributed by atoms with Crippen molar-refractivity contribution >= 4 is 22.7 Å². The van der Waals surface area contributed by atoms with Crippen molar-refractivity contribution in [3.8, 4) is 28.7 Å². The molecule has 0 saturated carbocycles. The highest BCUT2D eigenvalue weighted by Gasteiger charge is 2.39. The van der Waals surface area contributed by atoms with Gasteiger partial charge in [0.05, 0.1) is 5.41 Å². The van der Waals surface area contributed by atoms with Crippen molar-refractivity contribution in [1.29, 1.82) is 0 Å². The normalized spacial score (nSPS) is 11.8. The van der Waals surface area contributed by atoms with Crippen molar-refractivity contribution in [3.05, 3.63) is 162 Å². The molecule has 1 atom stereocenters. The quantitative estimate of drug-likeness (QED) is 0.0710. The summed E-state index contributed by atoms with van der Waals surface area (Å²) < 4.78 is 12.3. The molecular weight excluding hydrogens is 596 g/mol. The highest BCUT2D eigenvalue weighted by molar-refractivity contribution is 5.62. The average Bonchev–Trinajstić information content (AvgIpc) is 3.10. The van der Waals surface area contributed by atoms with E-state index in [2.05, 4.69) is 60.9 Å². The van der Waals surface area contributed by atoms with Crippen LogP contribution in [0.1, 0.15) is 29.2 Å². The van der Waals surface area contributed by atoms with E-state index in [-0.39, 0.29) is 11.9 Å². The monoisotopic (exact) mass is 636 g/mol. The van der Waals surface area contributed by atoms with E-state index < -0.39 is 5.41 Å². The van der Waals surface area contributed by atoms with E-state index in [0.717, 1.165) is 33.6 Å². The van der Waals surface area contributed by atoms with Gasteiger partial charge in [-0.25, -0.2) is 0 Å². The number of rotatable bonds is 11. The minimum Gasteiger partial charge on any atom is -0.508 e. The van der Waals surface area contributed by atoms with Crippen LogP contribution in [-0.2, 0) is 5.41 Å². The van der Waals surface area contributed by atoms with Gasteiger partial charge in [-0.2, -0.15) is 0 Å². The molecule has 242 valence electrons. The maximum Gasteiger partial charge on any atom is 0.127 e. The summed E-state index contributed by atoms with van der Waals surface area (Å²) in [6, 6.07) is 44.7. The number of nitrogens with two attached hydrogens (primary N) is 2. The lowest BCUT2D eigenvalue weighted by Crippen LogP contribution is -2.48. The van der Waals surface area contributed by atoms with Crippen LogP contribution < -0.4 is 31.6 Å². The Bertz CT molecular complexity index is 1880. The van der Waals surface area contributed by atoms with E-state index in [1.165, 1.54) is 0 Å². The molecular formula is C41H40N4O3. The molecule has 0 aliphatic heterocycles. The molecule has 48 heavy (non-hydrogen) atoms. The molecule has 0 fully saturated rings. The number of hydrogen-bond donors (Lipinski definition) is 5. The smallest absolute Gasteiger partial charge is 0.127 e. The molecule has 6 rings (SSSR count). The zero-order valence-corrected chi connectivity index (χ0v) is 27.3. The molecule has 7 nitrogen and oxygen atoms in total. The third kappa shape index (κ3) is 7.00. The largest absolute Gasteiger partial charge is 0.508 e. The number of aromatic hydroxyl groups is 1. The lowest BCUT2D eigenvalue weighted by atomic mass is 9.73. The first-order chi connectivity index (χ1) is 23.2. The second-order valence-corrected chi connectivity index (χ2v) is 12.1. The van der Waals surface area contributed by atoms with Crippen LogP contribution >= 0.6 is 0 Å². The van der Waals surface area contributed by atoms with Gasteiger partial charge < -0.3 is 36.7 Å². The van der Waals surface area contributed by atoms with Gasteiger partial charge in [0, 0.05) is 28.3 Å². The van der Waals surface area contributed by atoms with Gasteiger partial charge in [-0.3, -0.25) is 0 Å². The van der Waals surface area contributed by atoms with Crippen LogP contribution in [0.2, 0.25) is 0 Å². The Morgan fingerprint density at radius 3 is 1.44 bits per heavy atom. The Kier molecular flexibility index (Phi) is 9.12.